The lowest BCUT2D eigenvalue weighted by Crippen LogP contribution is -2.56. The largest absolute Gasteiger partial charge is 0.394 e. The number of benzene rings is 1. The molecule has 0 aliphatic carbocycles. The van der Waals surface area contributed by atoms with Crippen LogP contribution in [0.25, 0.3) is 0 Å². The van der Waals surface area contributed by atoms with Gasteiger partial charge < -0.3 is 10.0 Å². The van der Waals surface area contributed by atoms with Gasteiger partial charge in [0.2, 0.25) is 0 Å². The maximum absolute atomic E-state index is 12.8. The molecule has 1 aromatic carbocycles. The molecular weight excluding hydrogens is 316 g/mol. The van der Waals surface area contributed by atoms with Crippen LogP contribution in [0.2, 0.25) is 0 Å². The van der Waals surface area contributed by atoms with Crippen molar-refractivity contribution in [1.29, 1.82) is 0 Å². The zero-order valence-corrected chi connectivity index (χ0v) is 14.7. The molecule has 0 unspecified atom stereocenters. The van der Waals surface area contributed by atoms with E-state index in [-0.39, 0.29) is 18.6 Å². The van der Waals surface area contributed by atoms with Gasteiger partial charge in [0.25, 0.3) is 5.91 Å². The Labute approximate surface area is 148 Å². The van der Waals surface area contributed by atoms with E-state index in [0.29, 0.717) is 18.8 Å². The van der Waals surface area contributed by atoms with Crippen molar-refractivity contribution in [2.75, 3.05) is 26.2 Å². The summed E-state index contributed by atoms with van der Waals surface area (Å²) in [6.45, 7) is 4.96. The predicted molar refractivity (Wildman–Crippen MR) is 96.2 cm³/mol. The van der Waals surface area contributed by atoms with Gasteiger partial charge >= 0.3 is 0 Å². The number of piperazine rings is 1. The Kier molecular flexibility index (Phi) is 5.83. The lowest BCUT2D eigenvalue weighted by molar-refractivity contribution is 0.0277. The van der Waals surface area contributed by atoms with Crippen LogP contribution < -0.4 is 0 Å². The third-order valence-corrected chi connectivity index (χ3v) is 4.66. The van der Waals surface area contributed by atoms with Crippen molar-refractivity contribution >= 4 is 5.91 Å². The summed E-state index contributed by atoms with van der Waals surface area (Å²) in [5, 5.41) is 16.9. The van der Waals surface area contributed by atoms with Gasteiger partial charge in [0.15, 0.2) is 0 Å². The van der Waals surface area contributed by atoms with Gasteiger partial charge in [0.05, 0.1) is 12.6 Å². The van der Waals surface area contributed by atoms with E-state index in [9.17, 15) is 9.90 Å². The summed E-state index contributed by atoms with van der Waals surface area (Å²) in [6.07, 6.45) is 1.89. The highest BCUT2D eigenvalue weighted by molar-refractivity contribution is 5.92. The first-order valence-electron chi connectivity index (χ1n) is 8.93. The van der Waals surface area contributed by atoms with Crippen LogP contribution >= 0.6 is 0 Å². The van der Waals surface area contributed by atoms with E-state index in [2.05, 4.69) is 34.2 Å². The molecular formula is C19H26N4O2. The van der Waals surface area contributed by atoms with Crippen molar-refractivity contribution in [1.82, 2.24) is 20.0 Å². The zero-order valence-electron chi connectivity index (χ0n) is 14.7. The second kappa shape index (κ2) is 8.27. The number of aliphatic hydroxyl groups is 1. The summed E-state index contributed by atoms with van der Waals surface area (Å²) in [4.78, 5) is 16.8. The molecule has 1 amide bonds. The van der Waals surface area contributed by atoms with Crippen LogP contribution in [0.1, 0.15) is 35.1 Å². The number of aromatic amines is 1. The Bertz CT molecular complexity index is 686. The molecule has 0 radical (unpaired) electrons. The average molecular weight is 342 g/mol. The minimum Gasteiger partial charge on any atom is -0.394 e. The summed E-state index contributed by atoms with van der Waals surface area (Å²) in [5.74, 6) is -0.1000. The van der Waals surface area contributed by atoms with E-state index in [1.54, 1.807) is 4.90 Å². The van der Waals surface area contributed by atoms with Gasteiger partial charge in [0.1, 0.15) is 5.69 Å². The molecule has 2 aromatic rings. The number of carbonyl (C=O) groups is 1. The number of hydrogen-bond donors (Lipinski definition) is 2. The van der Waals surface area contributed by atoms with E-state index in [1.165, 1.54) is 5.56 Å². The number of aromatic nitrogens is 2. The van der Waals surface area contributed by atoms with Crippen LogP contribution in [0.15, 0.2) is 36.4 Å². The van der Waals surface area contributed by atoms with Crippen molar-refractivity contribution in [3.05, 3.63) is 53.3 Å². The fourth-order valence-corrected chi connectivity index (χ4v) is 3.34. The molecule has 1 saturated heterocycles. The maximum atomic E-state index is 12.8. The minimum absolute atomic E-state index is 0.0384. The molecule has 0 saturated carbocycles. The van der Waals surface area contributed by atoms with Gasteiger partial charge in [-0.3, -0.25) is 14.8 Å². The van der Waals surface area contributed by atoms with E-state index < -0.39 is 0 Å². The fraction of sp³-hybridized carbons (Fsp3) is 0.474. The molecule has 6 heteroatoms. The van der Waals surface area contributed by atoms with Crippen LogP contribution in [-0.2, 0) is 13.0 Å². The van der Waals surface area contributed by atoms with E-state index >= 15 is 0 Å². The number of nitrogens with one attached hydrogen (secondary N) is 1. The quantitative estimate of drug-likeness (QED) is 0.838. The van der Waals surface area contributed by atoms with E-state index in [4.69, 9.17) is 0 Å². The lowest BCUT2D eigenvalue weighted by Gasteiger charge is -2.40. The molecule has 25 heavy (non-hydrogen) atoms. The van der Waals surface area contributed by atoms with E-state index in [1.807, 2.05) is 24.3 Å². The first kappa shape index (κ1) is 17.6. The van der Waals surface area contributed by atoms with Crippen molar-refractivity contribution in [2.24, 2.45) is 0 Å². The average Bonchev–Trinajstić information content (AvgIpc) is 3.11. The van der Waals surface area contributed by atoms with Gasteiger partial charge in [-0.2, -0.15) is 5.10 Å². The molecule has 1 aliphatic rings. The third-order valence-electron chi connectivity index (χ3n) is 4.66. The Morgan fingerprint density at radius 3 is 2.84 bits per heavy atom. The van der Waals surface area contributed by atoms with Crippen LogP contribution in [-0.4, -0.2) is 63.3 Å². The highest BCUT2D eigenvalue weighted by atomic mass is 16.3. The molecule has 1 aromatic heterocycles. The SMILES string of the molecule is CCCc1cc(C(=O)N2CCN(Cc3ccccc3)C[C@@H]2CO)n[nH]1. The monoisotopic (exact) mass is 342 g/mol. The second-order valence-electron chi connectivity index (χ2n) is 6.58. The van der Waals surface area contributed by atoms with Gasteiger partial charge in [-0.25, -0.2) is 0 Å². The van der Waals surface area contributed by atoms with Crippen molar-refractivity contribution in [2.45, 2.75) is 32.4 Å². The maximum Gasteiger partial charge on any atom is 0.274 e. The number of aliphatic hydroxyl groups excluding tert-OH is 1. The summed E-state index contributed by atoms with van der Waals surface area (Å²) >= 11 is 0. The molecule has 6 nitrogen and oxygen atoms in total. The van der Waals surface area contributed by atoms with Crippen molar-refractivity contribution < 1.29 is 9.90 Å². The third kappa shape index (κ3) is 4.27. The van der Waals surface area contributed by atoms with Crippen molar-refractivity contribution in [3.63, 3.8) is 0 Å². The van der Waals surface area contributed by atoms with Gasteiger partial charge in [-0.05, 0) is 18.1 Å². The van der Waals surface area contributed by atoms with Gasteiger partial charge in [0, 0.05) is 31.9 Å². The fourth-order valence-electron chi connectivity index (χ4n) is 3.34. The van der Waals surface area contributed by atoms with Crippen LogP contribution in [0, 0.1) is 0 Å². The van der Waals surface area contributed by atoms with Crippen LogP contribution in [0.4, 0.5) is 0 Å². The first-order chi connectivity index (χ1) is 12.2. The van der Waals surface area contributed by atoms with Crippen molar-refractivity contribution in [3.8, 4) is 0 Å². The normalized spacial score (nSPS) is 18.5. The first-order valence-corrected chi connectivity index (χ1v) is 8.93. The Balaban J connectivity index is 1.64. The smallest absolute Gasteiger partial charge is 0.274 e. The lowest BCUT2D eigenvalue weighted by atomic mass is 10.1. The molecule has 3 rings (SSSR count). The number of nitrogens with zero attached hydrogens (tertiary/aromatic N) is 3. The summed E-state index contributed by atoms with van der Waals surface area (Å²) in [5.41, 5.74) is 2.67. The molecule has 0 bridgehead atoms. The highest BCUT2D eigenvalue weighted by Crippen LogP contribution is 2.16. The predicted octanol–water partition coefficient (Wildman–Crippen LogP) is 1.68. The Morgan fingerprint density at radius 2 is 2.12 bits per heavy atom. The molecule has 1 fully saturated rings. The van der Waals surface area contributed by atoms with Gasteiger partial charge in [-0.1, -0.05) is 43.7 Å². The standard InChI is InChI=1S/C19H26N4O2/c1-2-6-16-11-18(21-20-16)19(25)23-10-9-22(13-17(23)14-24)12-15-7-4-3-5-8-15/h3-5,7-8,11,17,24H,2,6,9-10,12-14H2,1H3,(H,20,21)/t17-/m1/s1. The molecule has 134 valence electrons. The van der Waals surface area contributed by atoms with Crippen LogP contribution in [0.5, 0.6) is 0 Å². The second-order valence-corrected chi connectivity index (χ2v) is 6.58. The number of aryl methyl sites for hydroxylation is 1. The number of rotatable bonds is 6. The minimum atomic E-state index is -0.198. The van der Waals surface area contributed by atoms with E-state index in [0.717, 1.165) is 31.6 Å². The number of H-pyrrole nitrogens is 1. The summed E-state index contributed by atoms with van der Waals surface area (Å²) in [6, 6.07) is 11.9. The molecule has 2 N–H and O–H groups in total. The zero-order chi connectivity index (χ0) is 17.6. The Morgan fingerprint density at radius 1 is 1.32 bits per heavy atom. The highest BCUT2D eigenvalue weighted by Gasteiger charge is 2.31. The molecule has 1 atom stereocenters. The van der Waals surface area contributed by atoms with Gasteiger partial charge in [-0.15, -0.1) is 0 Å². The Hall–Kier alpha value is -2.18. The molecule has 2 heterocycles. The molecule has 1 aliphatic heterocycles. The summed E-state index contributed by atoms with van der Waals surface area (Å²) in [7, 11) is 0. The number of carbonyl (C=O) groups excluding carboxylic acids is 1. The van der Waals surface area contributed by atoms with Crippen LogP contribution in [0.3, 0.4) is 0 Å². The summed E-state index contributed by atoms with van der Waals surface area (Å²) < 4.78 is 0. The molecule has 0 spiro atoms. The number of hydrogen-bond acceptors (Lipinski definition) is 4. The number of amides is 1. The topological polar surface area (TPSA) is 72.5 Å².